The van der Waals surface area contributed by atoms with Crippen LogP contribution < -0.4 is 15.6 Å². The number of halogens is 3. The molecular weight excluding hydrogens is 417 g/mol. The number of ether oxygens (including phenoxy) is 2. The van der Waals surface area contributed by atoms with Gasteiger partial charge in [-0.15, -0.1) is 0 Å². The number of hydrogen-bond acceptors (Lipinski definition) is 5. The van der Waals surface area contributed by atoms with Gasteiger partial charge in [0.2, 0.25) is 0 Å². The van der Waals surface area contributed by atoms with E-state index in [1.807, 2.05) is 0 Å². The van der Waals surface area contributed by atoms with Gasteiger partial charge in [-0.05, 0) is 35.9 Å². The molecule has 0 unspecified atom stereocenters. The first-order valence-electron chi connectivity index (χ1n) is 8.95. The fraction of sp³-hybridized carbons (Fsp3) is 0.190. The van der Waals surface area contributed by atoms with E-state index >= 15 is 0 Å². The van der Waals surface area contributed by atoms with Crippen molar-refractivity contribution in [3.05, 3.63) is 69.5 Å². The lowest BCUT2D eigenvalue weighted by Gasteiger charge is -2.15. The number of aromatic nitrogens is 1. The molecule has 3 aromatic rings. The highest BCUT2D eigenvalue weighted by molar-refractivity contribution is 6.10. The number of fused-ring (bicyclic) bond motifs is 1. The summed E-state index contributed by atoms with van der Waals surface area (Å²) >= 11 is 0. The summed E-state index contributed by atoms with van der Waals surface area (Å²) in [5, 5.41) is 2.66. The van der Waals surface area contributed by atoms with E-state index in [9.17, 15) is 27.6 Å². The van der Waals surface area contributed by atoms with Gasteiger partial charge in [-0.3, -0.25) is 14.4 Å². The summed E-state index contributed by atoms with van der Waals surface area (Å²) in [5.41, 5.74) is -1.32. The zero-order chi connectivity index (χ0) is 22.8. The van der Waals surface area contributed by atoms with E-state index in [1.165, 1.54) is 7.11 Å². The van der Waals surface area contributed by atoms with Crippen LogP contribution in [0, 0.1) is 0 Å². The van der Waals surface area contributed by atoms with Crippen LogP contribution in [0.25, 0.3) is 10.9 Å². The number of anilines is 1. The zero-order valence-electron chi connectivity index (χ0n) is 16.4. The molecule has 0 aliphatic rings. The van der Waals surface area contributed by atoms with Crippen molar-refractivity contribution in [1.29, 1.82) is 0 Å². The van der Waals surface area contributed by atoms with Gasteiger partial charge in [-0.2, -0.15) is 13.2 Å². The van der Waals surface area contributed by atoms with Gasteiger partial charge in [0.15, 0.2) is 5.75 Å². The van der Waals surface area contributed by atoms with Crippen molar-refractivity contribution < 1.29 is 32.2 Å². The Morgan fingerprint density at radius 3 is 2.35 bits per heavy atom. The molecule has 31 heavy (non-hydrogen) atoms. The van der Waals surface area contributed by atoms with Crippen molar-refractivity contribution in [2.45, 2.75) is 19.7 Å². The van der Waals surface area contributed by atoms with E-state index in [0.29, 0.717) is 16.5 Å². The summed E-state index contributed by atoms with van der Waals surface area (Å²) in [5.74, 6) is -1.97. The fourth-order valence-electron chi connectivity index (χ4n) is 3.05. The standard InChI is InChI=1S/C21H17F3N2O5/c1-11(27)31-18-16-12(10-30-2)4-3-5-15(16)26-20(29)17(18)19(28)25-14-8-6-13(7-9-14)21(22,23)24/h3-9H,10H2,1-2H3,(H,25,28)(H,26,29). The van der Waals surface area contributed by atoms with Crippen LogP contribution in [-0.4, -0.2) is 24.0 Å². The molecule has 0 saturated carbocycles. The number of benzene rings is 2. The Morgan fingerprint density at radius 1 is 1.10 bits per heavy atom. The van der Waals surface area contributed by atoms with E-state index < -0.39 is 34.7 Å². The highest BCUT2D eigenvalue weighted by Gasteiger charge is 2.30. The van der Waals surface area contributed by atoms with Gasteiger partial charge in [0, 0.05) is 25.1 Å². The minimum Gasteiger partial charge on any atom is -0.425 e. The Hall–Kier alpha value is -3.66. The second kappa shape index (κ2) is 8.60. The van der Waals surface area contributed by atoms with Gasteiger partial charge in [0.1, 0.15) is 5.56 Å². The first kappa shape index (κ1) is 22.0. The van der Waals surface area contributed by atoms with Crippen molar-refractivity contribution >= 4 is 28.5 Å². The summed E-state index contributed by atoms with van der Waals surface area (Å²) in [6.07, 6.45) is -4.53. The quantitative estimate of drug-likeness (QED) is 0.594. The van der Waals surface area contributed by atoms with Gasteiger partial charge < -0.3 is 19.8 Å². The first-order chi connectivity index (χ1) is 14.6. The van der Waals surface area contributed by atoms with Crippen molar-refractivity contribution in [3.63, 3.8) is 0 Å². The highest BCUT2D eigenvalue weighted by atomic mass is 19.4. The van der Waals surface area contributed by atoms with Crippen LogP contribution in [0.3, 0.4) is 0 Å². The van der Waals surface area contributed by atoms with Crippen LogP contribution in [0.4, 0.5) is 18.9 Å². The summed E-state index contributed by atoms with van der Waals surface area (Å²) in [6.45, 7) is 1.22. The highest BCUT2D eigenvalue weighted by Crippen LogP contribution is 2.32. The fourth-order valence-corrected chi connectivity index (χ4v) is 3.05. The van der Waals surface area contributed by atoms with Gasteiger partial charge in [-0.1, -0.05) is 12.1 Å². The molecule has 3 rings (SSSR count). The van der Waals surface area contributed by atoms with E-state index in [-0.39, 0.29) is 18.0 Å². The normalized spacial score (nSPS) is 11.4. The number of esters is 1. The molecule has 1 aromatic heterocycles. The number of carbonyl (C=O) groups excluding carboxylic acids is 2. The number of H-pyrrole nitrogens is 1. The van der Waals surface area contributed by atoms with Crippen LogP contribution in [0.5, 0.6) is 5.75 Å². The number of carbonyl (C=O) groups is 2. The number of methoxy groups -OCH3 is 1. The number of rotatable bonds is 5. The second-order valence-electron chi connectivity index (χ2n) is 6.55. The largest absolute Gasteiger partial charge is 0.425 e. The van der Waals surface area contributed by atoms with Crippen molar-refractivity contribution in [2.24, 2.45) is 0 Å². The molecule has 0 fully saturated rings. The summed E-state index contributed by atoms with van der Waals surface area (Å²) in [7, 11) is 1.45. The molecule has 1 amide bonds. The molecule has 0 saturated heterocycles. The molecule has 7 nitrogen and oxygen atoms in total. The predicted molar refractivity (Wildman–Crippen MR) is 106 cm³/mol. The Kier molecular flexibility index (Phi) is 6.11. The number of aromatic amines is 1. The minimum atomic E-state index is -4.53. The molecule has 2 N–H and O–H groups in total. The van der Waals surface area contributed by atoms with Crippen LogP contribution in [0.1, 0.15) is 28.4 Å². The van der Waals surface area contributed by atoms with E-state index in [1.54, 1.807) is 18.2 Å². The smallest absolute Gasteiger partial charge is 0.416 e. The van der Waals surface area contributed by atoms with Crippen LogP contribution in [0.15, 0.2) is 47.3 Å². The lowest BCUT2D eigenvalue weighted by Crippen LogP contribution is -2.26. The zero-order valence-corrected chi connectivity index (χ0v) is 16.4. The van der Waals surface area contributed by atoms with Gasteiger partial charge >= 0.3 is 12.1 Å². The third kappa shape index (κ3) is 4.75. The van der Waals surface area contributed by atoms with Gasteiger partial charge in [-0.25, -0.2) is 0 Å². The SMILES string of the molecule is COCc1cccc2[nH]c(=O)c(C(=O)Nc3ccc(C(F)(F)F)cc3)c(OC(C)=O)c12. The number of alkyl halides is 3. The lowest BCUT2D eigenvalue weighted by molar-refractivity contribution is -0.137. The maximum atomic E-state index is 12.9. The molecule has 0 atom stereocenters. The number of nitrogens with one attached hydrogen (secondary N) is 2. The maximum absolute atomic E-state index is 12.9. The van der Waals surface area contributed by atoms with Crippen molar-refractivity contribution in [1.82, 2.24) is 4.98 Å². The van der Waals surface area contributed by atoms with Crippen LogP contribution in [-0.2, 0) is 22.3 Å². The molecule has 2 aromatic carbocycles. The molecule has 162 valence electrons. The van der Waals surface area contributed by atoms with Gasteiger partial charge in [0.25, 0.3) is 11.5 Å². The third-order valence-corrected chi connectivity index (χ3v) is 4.32. The summed E-state index contributed by atoms with van der Waals surface area (Å²) < 4.78 is 48.6. The Morgan fingerprint density at radius 2 is 1.77 bits per heavy atom. The Balaban J connectivity index is 2.10. The second-order valence-corrected chi connectivity index (χ2v) is 6.55. The molecule has 0 aliphatic carbocycles. The van der Waals surface area contributed by atoms with E-state index in [4.69, 9.17) is 9.47 Å². The molecule has 0 aliphatic heterocycles. The average Bonchev–Trinajstić information content (AvgIpc) is 2.67. The molecule has 0 bridgehead atoms. The number of hydrogen-bond donors (Lipinski definition) is 2. The van der Waals surface area contributed by atoms with Gasteiger partial charge in [0.05, 0.1) is 17.7 Å². The predicted octanol–water partition coefficient (Wildman–Crippen LogP) is 3.87. The van der Waals surface area contributed by atoms with Crippen molar-refractivity contribution in [3.8, 4) is 5.75 Å². The average molecular weight is 434 g/mol. The Bertz CT molecular complexity index is 1200. The number of amides is 1. The molecule has 1 heterocycles. The molecule has 0 spiro atoms. The molecule has 10 heteroatoms. The first-order valence-corrected chi connectivity index (χ1v) is 8.95. The molecular formula is C21H17F3N2O5. The van der Waals surface area contributed by atoms with E-state index in [0.717, 1.165) is 31.2 Å². The van der Waals surface area contributed by atoms with Crippen LogP contribution in [0.2, 0.25) is 0 Å². The Labute approximate surface area is 173 Å². The third-order valence-electron chi connectivity index (χ3n) is 4.32. The summed E-state index contributed by atoms with van der Waals surface area (Å²) in [6, 6.07) is 8.60. The number of pyridine rings is 1. The topological polar surface area (TPSA) is 97.5 Å². The lowest BCUT2D eigenvalue weighted by atomic mass is 10.0. The molecule has 0 radical (unpaired) electrons. The summed E-state index contributed by atoms with van der Waals surface area (Å²) in [4.78, 5) is 39.7. The minimum absolute atomic E-state index is 0.0245. The monoisotopic (exact) mass is 434 g/mol. The van der Waals surface area contributed by atoms with Crippen molar-refractivity contribution in [2.75, 3.05) is 12.4 Å². The maximum Gasteiger partial charge on any atom is 0.416 e. The van der Waals surface area contributed by atoms with Crippen LogP contribution >= 0.6 is 0 Å². The van der Waals surface area contributed by atoms with E-state index in [2.05, 4.69) is 10.3 Å².